The molecule has 0 N–H and O–H groups in total. The molecule has 1 aromatic carbocycles. The lowest BCUT2D eigenvalue weighted by Crippen LogP contribution is -2.00. The molecule has 0 fully saturated rings. The van der Waals surface area contributed by atoms with Gasteiger partial charge in [-0.15, -0.1) is 11.3 Å². The van der Waals surface area contributed by atoms with Gasteiger partial charge in [-0.25, -0.2) is 19.9 Å². The minimum absolute atomic E-state index is 0.841. The first-order chi connectivity index (χ1) is 11.8. The first kappa shape index (κ1) is 15.5. The predicted octanol–water partition coefficient (Wildman–Crippen LogP) is 4.70. The average molecular weight is 355 g/mol. The Labute approximate surface area is 148 Å². The summed E-state index contributed by atoms with van der Waals surface area (Å²) in [6, 6.07) is 6.24. The lowest BCUT2D eigenvalue weighted by atomic mass is 10.2. The summed E-state index contributed by atoms with van der Waals surface area (Å²) >= 11 is 3.34. The maximum atomic E-state index is 4.75. The van der Waals surface area contributed by atoms with E-state index in [1.807, 2.05) is 0 Å². The number of aryl methyl sites for hydroxylation is 2. The van der Waals surface area contributed by atoms with Crippen molar-refractivity contribution in [2.24, 2.45) is 0 Å². The molecule has 0 unspecified atom stereocenters. The summed E-state index contributed by atoms with van der Waals surface area (Å²) < 4.78 is 4.45. The number of nitrogens with zero attached hydrogens (tertiary/aromatic N) is 5. The molecule has 122 valence electrons. The molecule has 0 radical (unpaired) electrons. The van der Waals surface area contributed by atoms with Gasteiger partial charge in [-0.3, -0.25) is 0 Å². The Morgan fingerprint density at radius 2 is 2.12 bits per heavy atom. The molecule has 4 rings (SSSR count). The third-order valence-corrected chi connectivity index (χ3v) is 6.14. The molecule has 24 heavy (non-hydrogen) atoms. The molecule has 0 aliphatic carbocycles. The van der Waals surface area contributed by atoms with E-state index in [9.17, 15) is 0 Å². The van der Waals surface area contributed by atoms with Crippen LogP contribution in [0.4, 0.5) is 0 Å². The van der Waals surface area contributed by atoms with Crippen LogP contribution in [0.15, 0.2) is 40.2 Å². The van der Waals surface area contributed by atoms with Crippen molar-refractivity contribution >= 4 is 44.5 Å². The second-order valence-corrected chi connectivity index (χ2v) is 7.85. The van der Waals surface area contributed by atoms with E-state index >= 15 is 0 Å². The van der Waals surface area contributed by atoms with Gasteiger partial charge in [-0.1, -0.05) is 25.5 Å². The number of unbranched alkanes of at least 4 members (excludes halogenated alkanes) is 1. The average Bonchev–Trinajstić information content (AvgIpc) is 3.15. The monoisotopic (exact) mass is 355 g/mol. The second-order valence-electron chi connectivity index (χ2n) is 5.64. The Balaban J connectivity index is 1.76. The Hall–Kier alpha value is -1.99. The first-order valence-electron chi connectivity index (χ1n) is 7.96. The van der Waals surface area contributed by atoms with Crippen LogP contribution in [0.5, 0.6) is 0 Å². The molecule has 0 bridgehead atoms. The molecule has 0 aliphatic rings. The summed E-state index contributed by atoms with van der Waals surface area (Å²) in [5.74, 6) is 0. The van der Waals surface area contributed by atoms with Gasteiger partial charge in [0.2, 0.25) is 0 Å². The maximum absolute atomic E-state index is 4.75. The number of benzene rings is 1. The standard InChI is InChI=1S/C17H17N5S2/c1-3-4-8-22-15-13(9-18-10-19-15)20-16(22)24-17-21-12-7-5-6-11(2)14(12)23-17/h5-7,9-10H,3-4,8H2,1-2H3. The summed E-state index contributed by atoms with van der Waals surface area (Å²) in [5, 5.41) is 0.940. The Bertz CT molecular complexity index is 1000. The Morgan fingerprint density at radius 3 is 2.96 bits per heavy atom. The smallest absolute Gasteiger partial charge is 0.177 e. The zero-order valence-electron chi connectivity index (χ0n) is 13.6. The molecular formula is C17H17N5S2. The molecule has 0 spiro atoms. The van der Waals surface area contributed by atoms with Crippen molar-refractivity contribution < 1.29 is 0 Å². The van der Waals surface area contributed by atoms with E-state index in [2.05, 4.69) is 46.6 Å². The molecule has 3 heterocycles. The second kappa shape index (κ2) is 6.49. The Morgan fingerprint density at radius 1 is 1.21 bits per heavy atom. The van der Waals surface area contributed by atoms with Gasteiger partial charge in [0, 0.05) is 6.54 Å². The lowest BCUT2D eigenvalue weighted by Gasteiger charge is -2.05. The van der Waals surface area contributed by atoms with E-state index in [1.165, 1.54) is 10.3 Å². The summed E-state index contributed by atoms with van der Waals surface area (Å²) in [6.07, 6.45) is 5.59. The summed E-state index contributed by atoms with van der Waals surface area (Å²) in [7, 11) is 0. The molecular weight excluding hydrogens is 338 g/mol. The highest BCUT2D eigenvalue weighted by atomic mass is 32.2. The molecule has 3 aromatic heterocycles. The van der Waals surface area contributed by atoms with Crippen LogP contribution < -0.4 is 0 Å². The van der Waals surface area contributed by atoms with Crippen LogP contribution in [-0.2, 0) is 6.54 Å². The van der Waals surface area contributed by atoms with Crippen molar-refractivity contribution in [3.8, 4) is 0 Å². The van der Waals surface area contributed by atoms with E-state index in [-0.39, 0.29) is 0 Å². The van der Waals surface area contributed by atoms with Crippen molar-refractivity contribution in [3.63, 3.8) is 0 Å². The zero-order chi connectivity index (χ0) is 16.5. The van der Waals surface area contributed by atoms with E-state index in [0.29, 0.717) is 0 Å². The van der Waals surface area contributed by atoms with E-state index in [0.717, 1.165) is 45.6 Å². The van der Waals surface area contributed by atoms with Gasteiger partial charge in [0.05, 0.1) is 16.4 Å². The van der Waals surface area contributed by atoms with Gasteiger partial charge in [-0.2, -0.15) is 0 Å². The molecule has 0 atom stereocenters. The first-order valence-corrected chi connectivity index (χ1v) is 9.60. The van der Waals surface area contributed by atoms with Gasteiger partial charge in [0.15, 0.2) is 15.1 Å². The van der Waals surface area contributed by atoms with Crippen molar-refractivity contribution in [1.82, 2.24) is 24.5 Å². The minimum Gasteiger partial charge on any atom is -0.303 e. The highest BCUT2D eigenvalue weighted by Crippen LogP contribution is 2.36. The number of thiazole rings is 1. The van der Waals surface area contributed by atoms with Gasteiger partial charge in [-0.05, 0) is 36.7 Å². The van der Waals surface area contributed by atoms with Gasteiger partial charge >= 0.3 is 0 Å². The number of imidazole rings is 1. The quantitative estimate of drug-likeness (QED) is 0.519. The maximum Gasteiger partial charge on any atom is 0.177 e. The molecule has 5 nitrogen and oxygen atoms in total. The van der Waals surface area contributed by atoms with Crippen LogP contribution in [0, 0.1) is 6.92 Å². The topological polar surface area (TPSA) is 56.5 Å². The normalized spacial score (nSPS) is 11.6. The summed E-state index contributed by atoms with van der Waals surface area (Å²) in [6.45, 7) is 5.23. The molecule has 7 heteroatoms. The van der Waals surface area contributed by atoms with E-state index < -0.39 is 0 Å². The molecule has 0 saturated carbocycles. The Kier molecular flexibility index (Phi) is 4.20. The molecule has 0 saturated heterocycles. The van der Waals surface area contributed by atoms with Crippen LogP contribution in [-0.4, -0.2) is 24.5 Å². The molecule has 4 aromatic rings. The van der Waals surface area contributed by atoms with Crippen LogP contribution in [0.25, 0.3) is 21.4 Å². The van der Waals surface area contributed by atoms with Gasteiger partial charge < -0.3 is 4.57 Å². The summed E-state index contributed by atoms with van der Waals surface area (Å²) in [5.41, 5.74) is 4.06. The third kappa shape index (κ3) is 2.78. The lowest BCUT2D eigenvalue weighted by molar-refractivity contribution is 0.598. The predicted molar refractivity (Wildman–Crippen MR) is 98.7 cm³/mol. The van der Waals surface area contributed by atoms with Crippen molar-refractivity contribution in [1.29, 1.82) is 0 Å². The fourth-order valence-corrected chi connectivity index (χ4v) is 4.78. The minimum atomic E-state index is 0.841. The van der Waals surface area contributed by atoms with Crippen molar-refractivity contribution in [3.05, 3.63) is 36.3 Å². The van der Waals surface area contributed by atoms with Crippen LogP contribution in [0.2, 0.25) is 0 Å². The van der Waals surface area contributed by atoms with Crippen LogP contribution >= 0.6 is 23.1 Å². The van der Waals surface area contributed by atoms with E-state index in [1.54, 1.807) is 35.6 Å². The highest BCUT2D eigenvalue weighted by molar-refractivity contribution is 8.01. The number of rotatable bonds is 5. The zero-order valence-corrected chi connectivity index (χ0v) is 15.2. The third-order valence-electron chi connectivity index (χ3n) is 3.88. The highest BCUT2D eigenvalue weighted by Gasteiger charge is 2.15. The SMILES string of the molecule is CCCCn1c(Sc2nc3cccc(C)c3s2)nc2cncnc21. The van der Waals surface area contributed by atoms with Crippen LogP contribution in [0.3, 0.4) is 0 Å². The van der Waals surface area contributed by atoms with Gasteiger partial charge in [0.25, 0.3) is 0 Å². The summed E-state index contributed by atoms with van der Waals surface area (Å²) in [4.78, 5) is 18.0. The van der Waals surface area contributed by atoms with Crippen LogP contribution in [0.1, 0.15) is 25.3 Å². The van der Waals surface area contributed by atoms with Gasteiger partial charge in [0.1, 0.15) is 11.8 Å². The molecule has 0 amide bonds. The van der Waals surface area contributed by atoms with E-state index in [4.69, 9.17) is 9.97 Å². The fourth-order valence-electron chi connectivity index (χ4n) is 2.64. The number of hydrogen-bond donors (Lipinski definition) is 0. The van der Waals surface area contributed by atoms with Crippen molar-refractivity contribution in [2.45, 2.75) is 42.7 Å². The number of hydrogen-bond acceptors (Lipinski definition) is 6. The molecule has 0 aliphatic heterocycles. The largest absolute Gasteiger partial charge is 0.303 e. The number of fused-ring (bicyclic) bond motifs is 2. The van der Waals surface area contributed by atoms with Crippen molar-refractivity contribution in [2.75, 3.05) is 0 Å². The fraction of sp³-hybridized carbons (Fsp3) is 0.294. The number of aromatic nitrogens is 5.